The van der Waals surface area contributed by atoms with Crippen molar-refractivity contribution < 1.29 is 92.9 Å². The van der Waals surface area contributed by atoms with Gasteiger partial charge in [-0.05, 0) is 11.8 Å². The van der Waals surface area contributed by atoms with Gasteiger partial charge in [-0.15, -0.1) is 0 Å². The molecule has 2 N–H and O–H groups in total. The van der Waals surface area contributed by atoms with Crippen LogP contribution in [0.2, 0.25) is 0 Å². The number of carbonyl (C=O) groups is 2. The number of hydrogen-bond donors (Lipinski definition) is 2. The van der Waals surface area contributed by atoms with Gasteiger partial charge in [0.15, 0.2) is 5.41 Å². The van der Waals surface area contributed by atoms with Gasteiger partial charge in [0.05, 0.1) is 0 Å². The molecule has 98 valence electrons. The van der Waals surface area contributed by atoms with Crippen LogP contribution >= 0.6 is 0 Å². The van der Waals surface area contributed by atoms with Gasteiger partial charge in [-0.25, -0.2) is 0 Å². The van der Waals surface area contributed by atoms with E-state index in [0.29, 0.717) is 6.42 Å². The molecule has 0 bridgehead atoms. The average Bonchev–Trinajstić information content (AvgIpc) is 2.08. The first-order chi connectivity index (χ1) is 7.20. The van der Waals surface area contributed by atoms with E-state index in [0.717, 1.165) is 12.8 Å². The Balaban J connectivity index is -0.000000187. The standard InChI is InChI=1S/C12H22O4.K.Li.2H/c1-5-6-7-8-12(9(13)14,10(15)16)11(2,3)4;;;;/h5-8H2,1-4H3,(H,13,14)(H,15,16);;;;/q;2*+1;2*-1. The Morgan fingerprint density at radius 2 is 1.44 bits per heavy atom. The molecule has 0 aromatic heterocycles. The summed E-state index contributed by atoms with van der Waals surface area (Å²) in [5.41, 5.74) is -2.47. The third-order valence-corrected chi connectivity index (χ3v) is 3.17. The molecule has 0 radical (unpaired) electrons. The monoisotopic (exact) mass is 278 g/mol. The van der Waals surface area contributed by atoms with Crippen molar-refractivity contribution in [3.05, 3.63) is 0 Å². The van der Waals surface area contributed by atoms with Crippen LogP contribution in [0, 0.1) is 10.8 Å². The summed E-state index contributed by atoms with van der Waals surface area (Å²) >= 11 is 0. The van der Waals surface area contributed by atoms with Crippen molar-refractivity contribution in [3.63, 3.8) is 0 Å². The molecule has 0 saturated heterocycles. The van der Waals surface area contributed by atoms with E-state index < -0.39 is 22.8 Å². The van der Waals surface area contributed by atoms with E-state index in [-0.39, 0.29) is 79.5 Å². The molecule has 0 aliphatic carbocycles. The summed E-state index contributed by atoms with van der Waals surface area (Å²) in [5, 5.41) is 18.5. The predicted octanol–water partition coefficient (Wildman–Crippen LogP) is -3.00. The van der Waals surface area contributed by atoms with E-state index in [2.05, 4.69) is 0 Å². The van der Waals surface area contributed by atoms with Gasteiger partial charge in [0, 0.05) is 0 Å². The maximum absolute atomic E-state index is 11.3. The van der Waals surface area contributed by atoms with Gasteiger partial charge in [0.25, 0.3) is 0 Å². The van der Waals surface area contributed by atoms with Crippen molar-refractivity contribution in [3.8, 4) is 0 Å². The zero-order chi connectivity index (χ0) is 13.0. The summed E-state index contributed by atoms with van der Waals surface area (Å²) < 4.78 is 0. The zero-order valence-corrected chi connectivity index (χ0v) is 15.7. The van der Waals surface area contributed by atoms with Crippen LogP contribution in [0.5, 0.6) is 0 Å². The summed E-state index contributed by atoms with van der Waals surface area (Å²) in [7, 11) is 0. The van der Waals surface area contributed by atoms with Crippen LogP contribution in [0.25, 0.3) is 0 Å². The largest absolute Gasteiger partial charge is 1.00 e. The van der Waals surface area contributed by atoms with Crippen LogP contribution in [0.1, 0.15) is 56.2 Å². The molecule has 0 unspecified atom stereocenters. The number of unbranched alkanes of at least 4 members (excludes halogenated alkanes) is 2. The molecule has 0 fully saturated rings. The quantitative estimate of drug-likeness (QED) is 0.308. The smallest absolute Gasteiger partial charge is 1.00 e. The van der Waals surface area contributed by atoms with Crippen LogP contribution in [0.3, 0.4) is 0 Å². The molecule has 0 aliphatic rings. The summed E-state index contributed by atoms with van der Waals surface area (Å²) in [6.07, 6.45) is 2.62. The molecule has 0 aliphatic heterocycles. The molecule has 0 amide bonds. The first-order valence-electron chi connectivity index (χ1n) is 5.67. The Bertz CT molecular complexity index is 269. The van der Waals surface area contributed by atoms with Crippen LogP contribution in [-0.4, -0.2) is 22.2 Å². The number of rotatable bonds is 6. The molecule has 0 atom stereocenters. The first kappa shape index (κ1) is 24.2. The topological polar surface area (TPSA) is 74.6 Å². The molecule has 18 heavy (non-hydrogen) atoms. The van der Waals surface area contributed by atoms with E-state index in [1.54, 1.807) is 20.8 Å². The van der Waals surface area contributed by atoms with Crippen LogP contribution in [0.15, 0.2) is 0 Å². The van der Waals surface area contributed by atoms with Gasteiger partial charge in [0.1, 0.15) is 0 Å². The zero-order valence-electron chi connectivity index (χ0n) is 14.5. The summed E-state index contributed by atoms with van der Waals surface area (Å²) in [4.78, 5) is 22.6. The van der Waals surface area contributed by atoms with Crippen LogP contribution in [0.4, 0.5) is 0 Å². The van der Waals surface area contributed by atoms with E-state index in [9.17, 15) is 19.8 Å². The van der Waals surface area contributed by atoms with Crippen LogP contribution < -0.4 is 70.2 Å². The molecule has 4 nitrogen and oxygen atoms in total. The van der Waals surface area contributed by atoms with E-state index in [4.69, 9.17) is 0 Å². The molecular formula is C12H24KLiO4. The molecule has 0 aromatic carbocycles. The Morgan fingerprint density at radius 3 is 1.67 bits per heavy atom. The number of hydrogen-bond acceptors (Lipinski definition) is 2. The normalized spacial score (nSPS) is 11.1. The fourth-order valence-electron chi connectivity index (χ4n) is 1.96. The Morgan fingerprint density at radius 1 is 1.06 bits per heavy atom. The SMILES string of the molecule is CCCCCC(C(=O)O)(C(=O)O)C(C)(C)C.[H-].[H-].[K+].[Li+]. The van der Waals surface area contributed by atoms with Crippen molar-refractivity contribution in [1.29, 1.82) is 0 Å². The van der Waals surface area contributed by atoms with E-state index in [1.165, 1.54) is 0 Å². The van der Waals surface area contributed by atoms with Crippen molar-refractivity contribution >= 4 is 11.9 Å². The number of carboxylic acid groups (broad SMARTS) is 2. The molecule has 0 aromatic rings. The fourth-order valence-corrected chi connectivity index (χ4v) is 1.96. The fraction of sp³-hybridized carbons (Fsp3) is 0.833. The maximum Gasteiger partial charge on any atom is 1.00 e. The van der Waals surface area contributed by atoms with Gasteiger partial charge in [-0.1, -0.05) is 47.0 Å². The minimum Gasteiger partial charge on any atom is -1.00 e. The third kappa shape index (κ3) is 5.66. The second-order valence-corrected chi connectivity index (χ2v) is 5.22. The molecule has 0 heterocycles. The minimum atomic E-state index is -1.68. The van der Waals surface area contributed by atoms with Gasteiger partial charge < -0.3 is 13.1 Å². The van der Waals surface area contributed by atoms with E-state index in [1.807, 2.05) is 6.92 Å². The maximum atomic E-state index is 11.3. The first-order valence-corrected chi connectivity index (χ1v) is 5.67. The Labute approximate surface area is 167 Å². The second kappa shape index (κ2) is 9.98. The van der Waals surface area contributed by atoms with E-state index >= 15 is 0 Å². The van der Waals surface area contributed by atoms with Gasteiger partial charge in [-0.3, -0.25) is 9.59 Å². The molecule has 0 saturated carbocycles. The third-order valence-electron chi connectivity index (χ3n) is 3.17. The molecule has 0 spiro atoms. The molecule has 0 rings (SSSR count). The molecule has 6 heteroatoms. The minimum absolute atomic E-state index is 0. The van der Waals surface area contributed by atoms with Crippen molar-refractivity contribution in [2.75, 3.05) is 0 Å². The van der Waals surface area contributed by atoms with Crippen molar-refractivity contribution in [2.45, 2.75) is 53.4 Å². The predicted molar refractivity (Wildman–Crippen MR) is 63.5 cm³/mol. The summed E-state index contributed by atoms with van der Waals surface area (Å²) in [6, 6.07) is 0. The van der Waals surface area contributed by atoms with Gasteiger partial charge in [-0.2, -0.15) is 0 Å². The molecular weight excluding hydrogens is 254 g/mol. The Hall–Kier alpha value is 1.17. The second-order valence-electron chi connectivity index (χ2n) is 5.22. The summed E-state index contributed by atoms with van der Waals surface area (Å²) in [6.45, 7) is 7.00. The average molecular weight is 278 g/mol. The Kier molecular flexibility index (Phi) is 13.4. The van der Waals surface area contributed by atoms with Crippen molar-refractivity contribution in [1.82, 2.24) is 0 Å². The van der Waals surface area contributed by atoms with Crippen molar-refractivity contribution in [2.24, 2.45) is 10.8 Å². The number of aliphatic carboxylic acids is 2. The van der Waals surface area contributed by atoms with Gasteiger partial charge >= 0.3 is 82.2 Å². The van der Waals surface area contributed by atoms with Crippen LogP contribution in [-0.2, 0) is 9.59 Å². The summed E-state index contributed by atoms with van der Waals surface area (Å²) in [5.74, 6) is -2.47. The van der Waals surface area contributed by atoms with Gasteiger partial charge in [0.2, 0.25) is 0 Å². The number of carboxylic acids is 2.